The van der Waals surface area contributed by atoms with Crippen molar-refractivity contribution in [1.82, 2.24) is 14.5 Å². The molecule has 1 amide bonds. The number of hydrogen-bond donors (Lipinski definition) is 0. The SMILES string of the molecule is COc1ccccc1N1CCN(C(=O)c2cnc(SC)n2-c2ccccc2)CC1. The zero-order valence-corrected chi connectivity index (χ0v) is 17.4. The highest BCUT2D eigenvalue weighted by atomic mass is 32.2. The molecule has 0 spiro atoms. The van der Waals surface area contributed by atoms with Crippen LogP contribution in [0.15, 0.2) is 66.0 Å². The van der Waals surface area contributed by atoms with E-state index >= 15 is 0 Å². The highest BCUT2D eigenvalue weighted by Gasteiger charge is 2.27. The Bertz CT molecular complexity index is 981. The van der Waals surface area contributed by atoms with Gasteiger partial charge in [-0.3, -0.25) is 9.36 Å². The topological polar surface area (TPSA) is 50.6 Å². The molecule has 2 heterocycles. The molecule has 0 bridgehead atoms. The molecule has 1 aliphatic heterocycles. The minimum absolute atomic E-state index is 0.0151. The summed E-state index contributed by atoms with van der Waals surface area (Å²) in [5, 5.41) is 0.812. The highest BCUT2D eigenvalue weighted by molar-refractivity contribution is 7.98. The molecule has 0 N–H and O–H groups in total. The summed E-state index contributed by atoms with van der Waals surface area (Å²) < 4.78 is 7.43. The fourth-order valence-electron chi connectivity index (χ4n) is 3.66. The number of benzene rings is 2. The Hall–Kier alpha value is -2.93. The van der Waals surface area contributed by atoms with Crippen molar-refractivity contribution in [2.45, 2.75) is 5.16 Å². The second kappa shape index (κ2) is 8.61. The van der Waals surface area contributed by atoms with Crippen LogP contribution in [-0.4, -0.2) is 59.9 Å². The molecule has 0 aliphatic carbocycles. The third kappa shape index (κ3) is 3.82. The number of anilines is 1. The van der Waals surface area contributed by atoms with Crippen LogP contribution in [0, 0.1) is 0 Å². The first-order valence-corrected chi connectivity index (χ1v) is 10.8. The van der Waals surface area contributed by atoms with E-state index < -0.39 is 0 Å². The van der Waals surface area contributed by atoms with E-state index in [4.69, 9.17) is 4.74 Å². The lowest BCUT2D eigenvalue weighted by molar-refractivity contribution is 0.0738. The van der Waals surface area contributed by atoms with E-state index in [9.17, 15) is 4.79 Å². The largest absolute Gasteiger partial charge is 0.495 e. The summed E-state index contributed by atoms with van der Waals surface area (Å²) in [5.74, 6) is 0.875. The van der Waals surface area contributed by atoms with E-state index in [1.165, 1.54) is 11.8 Å². The van der Waals surface area contributed by atoms with E-state index in [-0.39, 0.29) is 5.91 Å². The maximum absolute atomic E-state index is 13.3. The molecule has 4 rings (SSSR count). The molecule has 0 saturated carbocycles. The summed E-state index contributed by atoms with van der Waals surface area (Å²) in [7, 11) is 1.69. The Balaban J connectivity index is 1.53. The minimum Gasteiger partial charge on any atom is -0.495 e. The maximum Gasteiger partial charge on any atom is 0.272 e. The fourth-order valence-corrected chi connectivity index (χ4v) is 4.20. The van der Waals surface area contributed by atoms with E-state index in [2.05, 4.69) is 16.0 Å². The van der Waals surface area contributed by atoms with Gasteiger partial charge in [-0.2, -0.15) is 0 Å². The Morgan fingerprint density at radius 1 is 1.00 bits per heavy atom. The molecule has 0 unspecified atom stereocenters. The minimum atomic E-state index is 0.0151. The van der Waals surface area contributed by atoms with Crippen molar-refractivity contribution in [3.8, 4) is 11.4 Å². The Labute approximate surface area is 175 Å². The van der Waals surface area contributed by atoms with E-state index in [0.29, 0.717) is 18.8 Å². The van der Waals surface area contributed by atoms with Crippen molar-refractivity contribution < 1.29 is 9.53 Å². The molecule has 0 atom stereocenters. The van der Waals surface area contributed by atoms with Crippen molar-refractivity contribution in [3.63, 3.8) is 0 Å². The normalized spacial score (nSPS) is 14.1. The molecule has 150 valence electrons. The van der Waals surface area contributed by atoms with E-state index in [1.807, 2.05) is 64.3 Å². The monoisotopic (exact) mass is 408 g/mol. The van der Waals surface area contributed by atoms with Gasteiger partial charge in [-0.15, -0.1) is 0 Å². The van der Waals surface area contributed by atoms with E-state index in [1.54, 1.807) is 13.3 Å². The van der Waals surface area contributed by atoms with Gasteiger partial charge in [0.05, 0.1) is 19.0 Å². The summed E-state index contributed by atoms with van der Waals surface area (Å²) in [6.07, 6.45) is 3.66. The summed E-state index contributed by atoms with van der Waals surface area (Å²) in [6.45, 7) is 2.85. The van der Waals surface area contributed by atoms with Crippen molar-refractivity contribution in [2.75, 3.05) is 44.4 Å². The lowest BCUT2D eigenvalue weighted by atomic mass is 10.2. The zero-order chi connectivity index (χ0) is 20.2. The number of rotatable bonds is 5. The van der Waals surface area contributed by atoms with Crippen LogP contribution in [0.3, 0.4) is 0 Å². The van der Waals surface area contributed by atoms with E-state index in [0.717, 1.165) is 35.4 Å². The number of hydrogen-bond acceptors (Lipinski definition) is 5. The third-order valence-electron chi connectivity index (χ3n) is 5.14. The second-order valence-corrected chi connectivity index (χ2v) is 7.53. The molecule has 1 aliphatic rings. The molecule has 1 fully saturated rings. The second-order valence-electron chi connectivity index (χ2n) is 6.75. The Morgan fingerprint density at radius 2 is 1.69 bits per heavy atom. The number of ether oxygens (including phenoxy) is 1. The van der Waals surface area contributed by atoms with Crippen LogP contribution in [0.2, 0.25) is 0 Å². The summed E-state index contributed by atoms with van der Waals surface area (Å²) in [5.41, 5.74) is 2.62. The highest BCUT2D eigenvalue weighted by Crippen LogP contribution is 2.29. The van der Waals surface area contributed by atoms with Crippen LogP contribution < -0.4 is 9.64 Å². The number of methoxy groups -OCH3 is 1. The van der Waals surface area contributed by atoms with Crippen LogP contribution in [0.1, 0.15) is 10.5 Å². The number of amides is 1. The van der Waals surface area contributed by atoms with Crippen LogP contribution >= 0.6 is 11.8 Å². The zero-order valence-electron chi connectivity index (χ0n) is 16.6. The number of carbonyl (C=O) groups excluding carboxylic acids is 1. The van der Waals surface area contributed by atoms with Gasteiger partial charge < -0.3 is 14.5 Å². The molecular formula is C22H24N4O2S. The van der Waals surface area contributed by atoms with Crippen molar-refractivity contribution in [3.05, 3.63) is 66.5 Å². The van der Waals surface area contributed by atoms with Gasteiger partial charge in [0.15, 0.2) is 5.16 Å². The smallest absolute Gasteiger partial charge is 0.272 e. The molecule has 6 nitrogen and oxygen atoms in total. The van der Waals surface area contributed by atoms with Crippen molar-refractivity contribution in [2.24, 2.45) is 0 Å². The molecule has 3 aromatic rings. The lowest BCUT2D eigenvalue weighted by Gasteiger charge is -2.36. The molecule has 29 heavy (non-hydrogen) atoms. The third-order valence-corrected chi connectivity index (χ3v) is 5.79. The first kappa shape index (κ1) is 19.4. The van der Waals surface area contributed by atoms with Crippen LogP contribution in [0.4, 0.5) is 5.69 Å². The van der Waals surface area contributed by atoms with Crippen LogP contribution in [0.5, 0.6) is 5.75 Å². The number of carbonyl (C=O) groups is 1. The molecular weight excluding hydrogens is 384 g/mol. The van der Waals surface area contributed by atoms with Gasteiger partial charge in [-0.05, 0) is 30.5 Å². The van der Waals surface area contributed by atoms with Gasteiger partial charge in [-0.1, -0.05) is 42.1 Å². The number of imidazole rings is 1. The molecule has 1 saturated heterocycles. The summed E-state index contributed by atoms with van der Waals surface area (Å²) in [6, 6.07) is 17.9. The standard InChI is InChI=1S/C22H24N4O2S/c1-28-20-11-7-6-10-18(20)24-12-14-25(15-13-24)21(27)19-16-23-22(29-2)26(19)17-8-4-3-5-9-17/h3-11,16H,12-15H2,1-2H3. The first-order chi connectivity index (χ1) is 14.2. The Morgan fingerprint density at radius 3 is 2.38 bits per heavy atom. The molecule has 2 aromatic carbocycles. The van der Waals surface area contributed by atoms with Gasteiger partial charge in [-0.25, -0.2) is 4.98 Å². The average molecular weight is 409 g/mol. The van der Waals surface area contributed by atoms with Gasteiger partial charge in [0.2, 0.25) is 0 Å². The van der Waals surface area contributed by atoms with Crippen molar-refractivity contribution >= 4 is 23.4 Å². The average Bonchev–Trinajstić information content (AvgIpc) is 3.23. The number of thioether (sulfide) groups is 1. The van der Waals surface area contributed by atoms with Gasteiger partial charge in [0.1, 0.15) is 11.4 Å². The first-order valence-electron chi connectivity index (χ1n) is 9.57. The lowest BCUT2D eigenvalue weighted by Crippen LogP contribution is -2.49. The summed E-state index contributed by atoms with van der Waals surface area (Å²) >= 11 is 1.54. The van der Waals surface area contributed by atoms with Crippen molar-refractivity contribution in [1.29, 1.82) is 0 Å². The molecule has 1 aromatic heterocycles. The number of nitrogens with zero attached hydrogens (tertiary/aromatic N) is 4. The van der Waals surface area contributed by atoms with Gasteiger partial charge >= 0.3 is 0 Å². The van der Waals surface area contributed by atoms with Gasteiger partial charge in [0.25, 0.3) is 5.91 Å². The predicted octanol–water partition coefficient (Wildman–Crippen LogP) is 3.57. The Kier molecular flexibility index (Phi) is 5.76. The quantitative estimate of drug-likeness (QED) is 0.604. The van der Waals surface area contributed by atoms with Crippen LogP contribution in [-0.2, 0) is 0 Å². The summed E-state index contributed by atoms with van der Waals surface area (Å²) in [4.78, 5) is 21.9. The maximum atomic E-state index is 13.3. The van der Waals surface area contributed by atoms with Gasteiger partial charge in [0, 0.05) is 31.9 Å². The van der Waals surface area contributed by atoms with Crippen LogP contribution in [0.25, 0.3) is 5.69 Å². The molecule has 7 heteroatoms. The molecule has 0 radical (unpaired) electrons. The fraction of sp³-hybridized carbons (Fsp3) is 0.273. The number of aromatic nitrogens is 2. The number of para-hydroxylation sites is 3. The predicted molar refractivity (Wildman–Crippen MR) is 116 cm³/mol. The number of piperazine rings is 1.